The number of hydrogen-bond acceptors (Lipinski definition) is 5. The second kappa shape index (κ2) is 12.1. The van der Waals surface area contributed by atoms with Crippen LogP contribution in [0.4, 0.5) is 0 Å². The Hall–Kier alpha value is -4.28. The number of nitriles is 1. The van der Waals surface area contributed by atoms with Crippen molar-refractivity contribution in [2.75, 3.05) is 14.2 Å². The first-order valence-electron chi connectivity index (χ1n) is 11.5. The summed E-state index contributed by atoms with van der Waals surface area (Å²) in [5, 5.41) is 14.7. The van der Waals surface area contributed by atoms with Gasteiger partial charge in [-0.3, -0.25) is 4.79 Å². The Morgan fingerprint density at radius 3 is 2.46 bits per heavy atom. The Kier molecular flexibility index (Phi) is 8.44. The van der Waals surface area contributed by atoms with Gasteiger partial charge in [-0.1, -0.05) is 70.5 Å². The van der Waals surface area contributed by atoms with E-state index in [0.29, 0.717) is 28.1 Å². The molecule has 1 N–H and O–H groups in total. The van der Waals surface area contributed by atoms with Crippen LogP contribution >= 0.6 is 15.9 Å². The fraction of sp³-hybridized carbons (Fsp3) is 0.133. The van der Waals surface area contributed by atoms with Crippen LogP contribution < -0.4 is 19.5 Å². The molecule has 4 aromatic rings. The van der Waals surface area contributed by atoms with Gasteiger partial charge in [0.2, 0.25) is 0 Å². The number of amides is 1. The van der Waals surface area contributed by atoms with Crippen LogP contribution in [0.2, 0.25) is 0 Å². The number of fused-ring (bicyclic) bond motifs is 1. The number of hydrogen-bond donors (Lipinski definition) is 1. The predicted molar refractivity (Wildman–Crippen MR) is 147 cm³/mol. The van der Waals surface area contributed by atoms with E-state index in [1.54, 1.807) is 26.4 Å². The highest BCUT2D eigenvalue weighted by Crippen LogP contribution is 2.35. The van der Waals surface area contributed by atoms with Crippen LogP contribution in [0.5, 0.6) is 17.2 Å². The molecule has 0 saturated heterocycles. The highest BCUT2D eigenvalue weighted by atomic mass is 79.9. The number of nitrogens with one attached hydrogen (secondary N) is 1. The predicted octanol–water partition coefficient (Wildman–Crippen LogP) is 6.42. The van der Waals surface area contributed by atoms with E-state index >= 15 is 0 Å². The topological polar surface area (TPSA) is 80.6 Å². The highest BCUT2D eigenvalue weighted by molar-refractivity contribution is 9.10. The number of rotatable bonds is 9. The maximum Gasteiger partial charge on any atom is 0.262 e. The van der Waals surface area contributed by atoms with Crippen LogP contribution in [0.1, 0.15) is 16.7 Å². The van der Waals surface area contributed by atoms with E-state index in [2.05, 4.69) is 39.4 Å². The van der Waals surface area contributed by atoms with Gasteiger partial charge >= 0.3 is 0 Å². The van der Waals surface area contributed by atoms with Crippen LogP contribution in [0.3, 0.4) is 0 Å². The molecule has 0 bridgehead atoms. The number of ether oxygens (including phenoxy) is 3. The van der Waals surface area contributed by atoms with E-state index < -0.39 is 5.91 Å². The van der Waals surface area contributed by atoms with Gasteiger partial charge in [0.05, 0.1) is 14.2 Å². The standard InChI is InChI=1S/C30H25BrN2O4/c1-35-25-12-10-20(11-13-25)18-33-30(34)24(17-32)14-23-15-28(36-2)29(16-27(23)31)37-19-22-8-5-7-21-6-3-4-9-26(21)22/h3-16H,18-19H2,1-2H3,(H,33,34)/b24-14-. The molecule has 0 aliphatic rings. The van der Waals surface area contributed by atoms with Crippen molar-refractivity contribution in [1.29, 1.82) is 5.26 Å². The highest BCUT2D eigenvalue weighted by Gasteiger charge is 2.14. The monoisotopic (exact) mass is 556 g/mol. The van der Waals surface area contributed by atoms with Crippen LogP contribution in [0.15, 0.2) is 88.9 Å². The molecule has 4 aromatic carbocycles. The minimum atomic E-state index is -0.472. The van der Waals surface area contributed by atoms with Crippen molar-refractivity contribution in [2.45, 2.75) is 13.2 Å². The van der Waals surface area contributed by atoms with Crippen LogP contribution in [0, 0.1) is 11.3 Å². The Morgan fingerprint density at radius 1 is 0.973 bits per heavy atom. The molecule has 37 heavy (non-hydrogen) atoms. The first kappa shape index (κ1) is 25.8. The van der Waals surface area contributed by atoms with Crippen molar-refractivity contribution in [1.82, 2.24) is 5.32 Å². The summed E-state index contributed by atoms with van der Waals surface area (Å²) in [6.07, 6.45) is 1.52. The summed E-state index contributed by atoms with van der Waals surface area (Å²) in [6.45, 7) is 0.643. The largest absolute Gasteiger partial charge is 0.497 e. The Labute approximate surface area is 224 Å². The molecule has 0 atom stereocenters. The van der Waals surface area contributed by atoms with Gasteiger partial charge in [0.25, 0.3) is 5.91 Å². The quantitative estimate of drug-likeness (QED) is 0.190. The number of methoxy groups -OCH3 is 2. The van der Waals surface area contributed by atoms with Crippen LogP contribution in [0.25, 0.3) is 16.8 Å². The maximum absolute atomic E-state index is 12.7. The van der Waals surface area contributed by atoms with E-state index in [1.165, 1.54) is 6.08 Å². The van der Waals surface area contributed by atoms with Gasteiger partial charge in [-0.15, -0.1) is 0 Å². The lowest BCUT2D eigenvalue weighted by Gasteiger charge is -2.14. The van der Waals surface area contributed by atoms with Crippen molar-refractivity contribution in [3.8, 4) is 23.3 Å². The zero-order chi connectivity index (χ0) is 26.2. The van der Waals surface area contributed by atoms with Crippen LogP contribution in [-0.4, -0.2) is 20.1 Å². The Morgan fingerprint density at radius 2 is 1.73 bits per heavy atom. The SMILES string of the molecule is COc1ccc(CNC(=O)/C(C#N)=C\c2cc(OC)c(OCc3cccc4ccccc34)cc2Br)cc1. The van der Waals surface area contributed by atoms with Gasteiger partial charge in [0.15, 0.2) is 11.5 Å². The van der Waals surface area contributed by atoms with Gasteiger partial charge in [-0.05, 0) is 57.8 Å². The van der Waals surface area contributed by atoms with Gasteiger partial charge in [-0.2, -0.15) is 5.26 Å². The summed E-state index contributed by atoms with van der Waals surface area (Å²) in [5.41, 5.74) is 2.54. The summed E-state index contributed by atoms with van der Waals surface area (Å²) in [4.78, 5) is 12.7. The molecule has 0 radical (unpaired) electrons. The lowest BCUT2D eigenvalue weighted by atomic mass is 10.1. The second-order valence-corrected chi connectivity index (χ2v) is 9.01. The molecule has 0 aliphatic heterocycles. The number of carbonyl (C=O) groups is 1. The molecule has 0 unspecified atom stereocenters. The normalized spacial score (nSPS) is 11.0. The molecule has 0 heterocycles. The molecular formula is C30H25BrN2O4. The van der Waals surface area contributed by atoms with Crippen LogP contribution in [-0.2, 0) is 17.9 Å². The molecule has 6 nitrogen and oxygen atoms in total. The van der Waals surface area contributed by atoms with Crippen molar-refractivity contribution in [3.05, 3.63) is 106 Å². The molecule has 186 valence electrons. The third kappa shape index (κ3) is 6.29. The zero-order valence-corrected chi connectivity index (χ0v) is 22.0. The van der Waals surface area contributed by atoms with E-state index in [9.17, 15) is 10.1 Å². The number of carbonyl (C=O) groups excluding carboxylic acids is 1. The average Bonchev–Trinajstić information content (AvgIpc) is 2.94. The third-order valence-corrected chi connectivity index (χ3v) is 6.51. The summed E-state index contributed by atoms with van der Waals surface area (Å²) in [6, 6.07) is 27.1. The van der Waals surface area contributed by atoms with Gasteiger partial charge in [0.1, 0.15) is 24.0 Å². The maximum atomic E-state index is 12.7. The van der Waals surface area contributed by atoms with Gasteiger partial charge in [0, 0.05) is 11.0 Å². The second-order valence-electron chi connectivity index (χ2n) is 8.15. The Balaban J connectivity index is 1.50. The van der Waals surface area contributed by atoms with Crippen molar-refractivity contribution in [3.63, 3.8) is 0 Å². The van der Waals surface area contributed by atoms with Gasteiger partial charge in [-0.25, -0.2) is 0 Å². The smallest absolute Gasteiger partial charge is 0.262 e. The molecule has 0 aromatic heterocycles. The van der Waals surface area contributed by atoms with E-state index in [-0.39, 0.29) is 12.1 Å². The zero-order valence-electron chi connectivity index (χ0n) is 20.5. The fourth-order valence-corrected chi connectivity index (χ4v) is 4.27. The van der Waals surface area contributed by atoms with E-state index in [4.69, 9.17) is 14.2 Å². The van der Waals surface area contributed by atoms with Crippen molar-refractivity contribution in [2.24, 2.45) is 0 Å². The lowest BCUT2D eigenvalue weighted by Crippen LogP contribution is -2.23. The molecule has 1 amide bonds. The number of benzene rings is 4. The molecule has 0 saturated carbocycles. The first-order chi connectivity index (χ1) is 18.0. The van der Waals surface area contributed by atoms with E-state index in [0.717, 1.165) is 27.6 Å². The van der Waals surface area contributed by atoms with Crippen molar-refractivity contribution >= 4 is 38.7 Å². The minimum absolute atomic E-state index is 0.0271. The molecule has 0 fully saturated rings. The number of nitrogens with zero attached hydrogens (tertiary/aromatic N) is 1. The minimum Gasteiger partial charge on any atom is -0.497 e. The van der Waals surface area contributed by atoms with Gasteiger partial charge < -0.3 is 19.5 Å². The first-order valence-corrected chi connectivity index (χ1v) is 12.3. The summed E-state index contributed by atoms with van der Waals surface area (Å²) < 4.78 is 17.5. The molecule has 4 rings (SSSR count). The lowest BCUT2D eigenvalue weighted by molar-refractivity contribution is -0.117. The number of halogens is 1. The summed E-state index contributed by atoms with van der Waals surface area (Å²) in [7, 11) is 3.14. The Bertz CT molecular complexity index is 1480. The molecule has 0 aliphatic carbocycles. The summed E-state index contributed by atoms with van der Waals surface area (Å²) in [5.74, 6) is 1.30. The van der Waals surface area contributed by atoms with Crippen molar-refractivity contribution < 1.29 is 19.0 Å². The van der Waals surface area contributed by atoms with E-state index in [1.807, 2.05) is 54.6 Å². The molecule has 0 spiro atoms. The third-order valence-electron chi connectivity index (χ3n) is 5.82. The average molecular weight is 557 g/mol. The molecular weight excluding hydrogens is 532 g/mol. The summed E-state index contributed by atoms with van der Waals surface area (Å²) >= 11 is 3.54. The molecule has 7 heteroatoms. The fourth-order valence-electron chi connectivity index (χ4n) is 3.83.